The Morgan fingerprint density at radius 2 is 1.78 bits per heavy atom. The molecule has 1 aromatic carbocycles. The van der Waals surface area contributed by atoms with Gasteiger partial charge in [0, 0.05) is 18.0 Å². The van der Waals surface area contributed by atoms with E-state index < -0.39 is 23.4 Å². The van der Waals surface area contributed by atoms with Gasteiger partial charge in [-0.25, -0.2) is 4.98 Å². The predicted octanol–water partition coefficient (Wildman–Crippen LogP) is 3.73. The van der Waals surface area contributed by atoms with E-state index in [0.717, 1.165) is 0 Å². The molecule has 1 aromatic heterocycles. The van der Waals surface area contributed by atoms with Gasteiger partial charge in [0.25, 0.3) is 0 Å². The van der Waals surface area contributed by atoms with Crippen LogP contribution < -0.4 is 5.32 Å². The highest BCUT2D eigenvalue weighted by Crippen LogP contribution is 2.38. The van der Waals surface area contributed by atoms with Crippen LogP contribution in [-0.2, 0) is 0 Å². The van der Waals surface area contributed by atoms with Gasteiger partial charge in [0.2, 0.25) is 0 Å². The third-order valence-corrected chi connectivity index (χ3v) is 3.53. The molecule has 7 heteroatoms. The van der Waals surface area contributed by atoms with E-state index in [2.05, 4.69) is 15.3 Å². The summed E-state index contributed by atoms with van der Waals surface area (Å²) in [6.45, 7) is 2.54. The first kappa shape index (κ1) is 16.9. The number of halogens is 3. The molecule has 1 heterocycles. The zero-order valence-electron chi connectivity index (χ0n) is 12.6. The van der Waals surface area contributed by atoms with E-state index >= 15 is 0 Å². The summed E-state index contributed by atoms with van der Waals surface area (Å²) in [5, 5.41) is 2.29. The Morgan fingerprint density at radius 1 is 1.13 bits per heavy atom. The first-order chi connectivity index (χ1) is 10.7. The van der Waals surface area contributed by atoms with Crippen molar-refractivity contribution in [2.75, 3.05) is 5.32 Å². The molecule has 0 radical (unpaired) electrons. The van der Waals surface area contributed by atoms with Crippen LogP contribution in [0.1, 0.15) is 24.2 Å². The van der Waals surface area contributed by atoms with Gasteiger partial charge < -0.3 is 5.32 Å². The van der Waals surface area contributed by atoms with Gasteiger partial charge in [0.05, 0.1) is 11.6 Å². The Hall–Kier alpha value is -2.44. The number of carbonyl (C=O) groups excluding carboxylic acids is 1. The van der Waals surface area contributed by atoms with Gasteiger partial charge in [0.15, 0.2) is 5.78 Å². The molecule has 1 atom stereocenters. The second-order valence-corrected chi connectivity index (χ2v) is 5.63. The van der Waals surface area contributed by atoms with Crippen molar-refractivity contribution in [3.05, 3.63) is 54.5 Å². The van der Waals surface area contributed by atoms with Crippen LogP contribution in [0.2, 0.25) is 0 Å². The molecule has 23 heavy (non-hydrogen) atoms. The molecule has 0 aliphatic carbocycles. The molecule has 4 nitrogen and oxygen atoms in total. The monoisotopic (exact) mass is 323 g/mol. The van der Waals surface area contributed by atoms with Crippen LogP contribution in [0.5, 0.6) is 0 Å². The fourth-order valence-corrected chi connectivity index (χ4v) is 2.29. The SMILES string of the molecule is CC(C)(C(=O)c1ccccc1)C(Nc1cnccn1)C(F)(F)F. The molecule has 1 unspecified atom stereocenters. The van der Waals surface area contributed by atoms with Crippen LogP contribution >= 0.6 is 0 Å². The Bertz CT molecular complexity index is 657. The molecule has 2 rings (SSSR count). The Kier molecular flexibility index (Phi) is 4.68. The highest BCUT2D eigenvalue weighted by atomic mass is 19.4. The average molecular weight is 323 g/mol. The lowest BCUT2D eigenvalue weighted by Gasteiger charge is -2.35. The molecule has 0 spiro atoms. The van der Waals surface area contributed by atoms with Crippen molar-refractivity contribution >= 4 is 11.6 Å². The molecule has 2 aromatic rings. The van der Waals surface area contributed by atoms with E-state index in [0.29, 0.717) is 0 Å². The van der Waals surface area contributed by atoms with E-state index in [1.54, 1.807) is 18.2 Å². The van der Waals surface area contributed by atoms with E-state index in [4.69, 9.17) is 0 Å². The summed E-state index contributed by atoms with van der Waals surface area (Å²) in [7, 11) is 0. The average Bonchev–Trinajstić information content (AvgIpc) is 2.52. The first-order valence-corrected chi connectivity index (χ1v) is 6.92. The number of carbonyl (C=O) groups is 1. The minimum absolute atomic E-state index is 0.0382. The molecular formula is C16H16F3N3O. The molecule has 0 saturated carbocycles. The molecule has 0 aliphatic rings. The highest BCUT2D eigenvalue weighted by molar-refractivity contribution is 6.00. The lowest BCUT2D eigenvalue weighted by molar-refractivity contribution is -0.158. The fraction of sp³-hybridized carbons (Fsp3) is 0.312. The number of nitrogens with zero attached hydrogens (tertiary/aromatic N) is 2. The van der Waals surface area contributed by atoms with Gasteiger partial charge in [-0.3, -0.25) is 9.78 Å². The number of hydrogen-bond acceptors (Lipinski definition) is 4. The van der Waals surface area contributed by atoms with E-state index in [1.807, 2.05) is 0 Å². The Balaban J connectivity index is 2.36. The summed E-state index contributed by atoms with van der Waals surface area (Å²) < 4.78 is 40.5. The molecule has 0 saturated heterocycles. The number of Topliss-reactive ketones (excluding diaryl/α,β-unsaturated/α-hetero) is 1. The zero-order valence-corrected chi connectivity index (χ0v) is 12.6. The highest BCUT2D eigenvalue weighted by Gasteiger charge is 2.52. The molecular weight excluding hydrogens is 307 g/mol. The predicted molar refractivity (Wildman–Crippen MR) is 80.1 cm³/mol. The molecule has 1 N–H and O–H groups in total. The molecule has 0 amide bonds. The lowest BCUT2D eigenvalue weighted by Crippen LogP contribution is -2.51. The van der Waals surface area contributed by atoms with Gasteiger partial charge in [-0.1, -0.05) is 44.2 Å². The number of anilines is 1. The van der Waals surface area contributed by atoms with Crippen molar-refractivity contribution < 1.29 is 18.0 Å². The minimum atomic E-state index is -4.63. The summed E-state index contributed by atoms with van der Waals surface area (Å²) in [6, 6.07) is 5.83. The number of aromatic nitrogens is 2. The number of rotatable bonds is 5. The van der Waals surface area contributed by atoms with Crippen LogP contribution in [0.15, 0.2) is 48.9 Å². The molecule has 122 valence electrons. The van der Waals surface area contributed by atoms with E-state index in [9.17, 15) is 18.0 Å². The van der Waals surface area contributed by atoms with Gasteiger partial charge in [-0.05, 0) is 0 Å². The Morgan fingerprint density at radius 3 is 2.30 bits per heavy atom. The van der Waals surface area contributed by atoms with Gasteiger partial charge >= 0.3 is 6.18 Å². The van der Waals surface area contributed by atoms with Crippen LogP contribution in [0, 0.1) is 5.41 Å². The summed E-state index contributed by atoms with van der Waals surface area (Å²) in [6.07, 6.45) is -0.816. The third-order valence-electron chi connectivity index (χ3n) is 3.53. The van der Waals surface area contributed by atoms with E-state index in [1.165, 1.54) is 44.6 Å². The van der Waals surface area contributed by atoms with Crippen LogP contribution in [0.3, 0.4) is 0 Å². The summed E-state index contributed by atoms with van der Waals surface area (Å²) in [5.74, 6) is -0.638. The van der Waals surface area contributed by atoms with Crippen LogP contribution in [-0.4, -0.2) is 28.0 Å². The maximum Gasteiger partial charge on any atom is 0.409 e. The van der Waals surface area contributed by atoms with Crippen LogP contribution in [0.4, 0.5) is 19.0 Å². The van der Waals surface area contributed by atoms with Gasteiger partial charge in [0.1, 0.15) is 11.9 Å². The number of alkyl halides is 3. The molecule has 0 bridgehead atoms. The first-order valence-electron chi connectivity index (χ1n) is 6.92. The van der Waals surface area contributed by atoms with Gasteiger partial charge in [-0.15, -0.1) is 0 Å². The Labute approximate surface area is 131 Å². The number of ketones is 1. The lowest BCUT2D eigenvalue weighted by atomic mass is 9.77. The second kappa shape index (κ2) is 6.36. The normalized spacial score (nSPS) is 13.4. The van der Waals surface area contributed by atoms with Gasteiger partial charge in [-0.2, -0.15) is 13.2 Å². The molecule has 0 fully saturated rings. The number of nitrogens with one attached hydrogen (secondary N) is 1. The second-order valence-electron chi connectivity index (χ2n) is 5.63. The summed E-state index contributed by atoms with van der Waals surface area (Å²) >= 11 is 0. The summed E-state index contributed by atoms with van der Waals surface area (Å²) in [4.78, 5) is 20.1. The van der Waals surface area contributed by atoms with Crippen molar-refractivity contribution in [3.8, 4) is 0 Å². The smallest absolute Gasteiger partial charge is 0.357 e. The quantitative estimate of drug-likeness (QED) is 0.852. The maximum absolute atomic E-state index is 13.5. The van der Waals surface area contributed by atoms with Crippen molar-refractivity contribution in [1.29, 1.82) is 0 Å². The van der Waals surface area contributed by atoms with Crippen molar-refractivity contribution in [2.45, 2.75) is 26.1 Å². The largest absolute Gasteiger partial charge is 0.409 e. The topological polar surface area (TPSA) is 54.9 Å². The minimum Gasteiger partial charge on any atom is -0.357 e. The maximum atomic E-state index is 13.5. The van der Waals surface area contributed by atoms with Crippen LogP contribution in [0.25, 0.3) is 0 Å². The third kappa shape index (κ3) is 3.85. The van der Waals surface area contributed by atoms with Crippen molar-refractivity contribution in [3.63, 3.8) is 0 Å². The molecule has 0 aliphatic heterocycles. The van der Waals surface area contributed by atoms with Crippen molar-refractivity contribution in [1.82, 2.24) is 9.97 Å². The number of hydrogen-bond donors (Lipinski definition) is 1. The van der Waals surface area contributed by atoms with Crippen molar-refractivity contribution in [2.24, 2.45) is 5.41 Å². The zero-order chi connectivity index (χ0) is 17.1. The van der Waals surface area contributed by atoms with E-state index in [-0.39, 0.29) is 11.4 Å². The fourth-order valence-electron chi connectivity index (χ4n) is 2.29. The summed E-state index contributed by atoms with van der Waals surface area (Å²) in [5.41, 5.74) is -1.50. The standard InChI is InChI=1S/C16H16F3N3O/c1-15(2,13(23)11-6-4-3-5-7-11)14(16(17,18)19)22-12-10-20-8-9-21-12/h3-10,14H,1-2H3,(H,21,22). The number of benzene rings is 1.